The standard InChI is InChI=1S/C16H32O4Si4.2C12H24O4Si4.C8H16O4Si4/c1-9-13-21(5)17-22(6,14-10-2)19-24(8,16-12-4)20-23(7,18-21)15-11-3;1-9-17(5)13-18(6,10-2)15-20(8,12-4)16-19(7,11-3)14-17;1-5-9-17-13-18(10-6-2)15-20(12-8-4)16-19(14-17)11-7-3;1-5-13-9-14(6-2)11-16(8-4)12-15(7-3)10-13/h9-16H,1-8H3;9-12H,1-4H2,5-8H3;5-12,17-20H,1-4H3;5-8,13-16H,1-4H2/b13-9-,14-10-,15-11+,16-12+;;9-5-,10-6-,11-7+,12-8+;. The second-order valence-electron chi connectivity index (χ2n) is 18.8. The van der Waals surface area contributed by atoms with Gasteiger partial charge < -0.3 is 65.8 Å². The van der Waals surface area contributed by atoms with Crippen molar-refractivity contribution in [2.75, 3.05) is 0 Å². The Morgan fingerprint density at radius 2 is 0.375 bits per heavy atom. The molecule has 32 heteroatoms. The molecule has 0 aromatic rings. The zero-order valence-corrected chi connectivity index (χ0v) is 67.9. The summed E-state index contributed by atoms with van der Waals surface area (Å²) in [5.74, 6) is 0. The molecule has 16 nitrogen and oxygen atoms in total. The van der Waals surface area contributed by atoms with Crippen LogP contribution in [-0.2, 0) is 65.8 Å². The normalized spacial score (nSPS) is 39.6. The lowest BCUT2D eigenvalue weighted by Gasteiger charge is -2.47. The molecule has 4 heterocycles. The van der Waals surface area contributed by atoms with Crippen LogP contribution in [0.25, 0.3) is 0 Å². The average molecular weight is 1380 g/mol. The summed E-state index contributed by atoms with van der Waals surface area (Å²) < 4.78 is 98.9. The van der Waals surface area contributed by atoms with Crippen LogP contribution in [0.3, 0.4) is 0 Å². The van der Waals surface area contributed by atoms with E-state index < -0.39 is 143 Å². The van der Waals surface area contributed by atoms with Gasteiger partial charge in [0.25, 0.3) is 0 Å². The lowest BCUT2D eigenvalue weighted by Crippen LogP contribution is -2.66. The van der Waals surface area contributed by atoms with E-state index in [1.54, 1.807) is 45.6 Å². The quantitative estimate of drug-likeness (QED) is 0.135. The van der Waals surface area contributed by atoms with Crippen LogP contribution in [0.5, 0.6) is 0 Å². The van der Waals surface area contributed by atoms with Crippen molar-refractivity contribution in [3.05, 3.63) is 192 Å². The molecule has 448 valence electrons. The summed E-state index contributed by atoms with van der Waals surface area (Å²) in [4.78, 5) is 0. The van der Waals surface area contributed by atoms with Crippen molar-refractivity contribution in [2.45, 2.75) is 108 Å². The largest absolute Gasteiger partial charge is 0.414 e. The van der Waals surface area contributed by atoms with E-state index in [2.05, 4.69) is 102 Å². The highest BCUT2D eigenvalue weighted by Gasteiger charge is 2.55. The second kappa shape index (κ2) is 37.3. The minimum absolute atomic E-state index is 1.72. The molecule has 4 aliphatic heterocycles. The third-order valence-electron chi connectivity index (χ3n) is 10.9. The molecule has 4 aliphatic rings. The smallest absolute Gasteiger partial charge is 0.344 e. The van der Waals surface area contributed by atoms with Crippen LogP contribution >= 0.6 is 0 Å². The van der Waals surface area contributed by atoms with Gasteiger partial charge in [-0.15, -0.1) is 52.6 Å². The van der Waals surface area contributed by atoms with Crippen LogP contribution in [0.15, 0.2) is 192 Å². The van der Waals surface area contributed by atoms with Gasteiger partial charge in [-0.1, -0.05) is 117 Å². The summed E-state index contributed by atoms with van der Waals surface area (Å²) in [6.07, 6.45) is 16.0. The molecule has 0 bridgehead atoms. The first-order chi connectivity index (χ1) is 37.6. The van der Waals surface area contributed by atoms with Crippen LogP contribution in [0.1, 0.15) is 55.4 Å². The summed E-state index contributed by atoms with van der Waals surface area (Å²) in [5, 5.41) is 0. The molecular formula is C48H96O16Si16. The lowest BCUT2D eigenvalue weighted by molar-refractivity contribution is 0.248. The minimum Gasteiger partial charge on any atom is -0.414 e. The van der Waals surface area contributed by atoms with Crippen molar-refractivity contribution < 1.29 is 65.8 Å². The highest BCUT2D eigenvalue weighted by molar-refractivity contribution is 6.99. The van der Waals surface area contributed by atoms with E-state index in [-0.39, 0.29) is 0 Å². The maximum atomic E-state index is 6.61. The van der Waals surface area contributed by atoms with E-state index in [0.717, 1.165) is 0 Å². The molecule has 0 aromatic heterocycles. The van der Waals surface area contributed by atoms with Gasteiger partial charge in [-0.25, -0.2) is 0 Å². The van der Waals surface area contributed by atoms with Crippen molar-refractivity contribution in [3.8, 4) is 0 Å². The zero-order valence-electron chi connectivity index (χ0n) is 50.7. The molecule has 8 atom stereocenters. The first-order valence-electron chi connectivity index (χ1n) is 26.6. The van der Waals surface area contributed by atoms with Gasteiger partial charge in [0.2, 0.25) is 0 Å². The third kappa shape index (κ3) is 27.4. The fourth-order valence-electron chi connectivity index (χ4n) is 7.95. The molecule has 4 saturated heterocycles. The molecule has 0 saturated carbocycles. The topological polar surface area (TPSA) is 148 Å². The number of allylic oxidation sites excluding steroid dienone is 8. The van der Waals surface area contributed by atoms with Crippen LogP contribution in [0.4, 0.5) is 0 Å². The molecule has 8 unspecified atom stereocenters. The predicted octanol–water partition coefficient (Wildman–Crippen LogP) is 9.33. The summed E-state index contributed by atoms with van der Waals surface area (Å²) in [7, 11) is -35.5. The highest BCUT2D eigenvalue weighted by atomic mass is 28.5. The van der Waals surface area contributed by atoms with E-state index >= 15 is 0 Å². The zero-order chi connectivity index (χ0) is 60.9. The number of hydrogen-bond acceptors (Lipinski definition) is 16. The monoisotopic (exact) mass is 1380 g/mol. The average Bonchev–Trinajstić information content (AvgIpc) is 3.35. The predicted molar refractivity (Wildman–Crippen MR) is 368 cm³/mol. The van der Waals surface area contributed by atoms with Crippen molar-refractivity contribution in [1.29, 1.82) is 0 Å². The first kappa shape index (κ1) is 76.7. The highest BCUT2D eigenvalue weighted by Crippen LogP contribution is 2.34. The van der Waals surface area contributed by atoms with Gasteiger partial charge in [0.1, 0.15) is 0 Å². The molecule has 0 amide bonds. The number of hydrogen-bond donors (Lipinski definition) is 0. The van der Waals surface area contributed by atoms with E-state index in [4.69, 9.17) is 65.8 Å². The molecule has 80 heavy (non-hydrogen) atoms. The summed E-state index contributed by atoms with van der Waals surface area (Å²) in [6.45, 7) is 62.2. The molecule has 0 aromatic carbocycles. The van der Waals surface area contributed by atoms with Crippen molar-refractivity contribution >= 4 is 143 Å². The van der Waals surface area contributed by atoms with Gasteiger partial charge in [-0.2, -0.15) is 0 Å². The fourth-order valence-corrected chi connectivity index (χ4v) is 68.2. The second-order valence-corrected chi connectivity index (χ2v) is 62.6. The Hall–Kier alpha value is -1.33. The van der Waals surface area contributed by atoms with Crippen molar-refractivity contribution in [2.24, 2.45) is 0 Å². The van der Waals surface area contributed by atoms with Gasteiger partial charge in [-0.05, 0) is 131 Å². The van der Waals surface area contributed by atoms with E-state index in [1.165, 1.54) is 0 Å². The first-order valence-corrected chi connectivity index (χ1v) is 58.6. The summed E-state index contributed by atoms with van der Waals surface area (Å²) in [5.41, 5.74) is 30.3. The lowest BCUT2D eigenvalue weighted by atomic mass is 10.8. The van der Waals surface area contributed by atoms with E-state index in [0.29, 0.717) is 0 Å². The summed E-state index contributed by atoms with van der Waals surface area (Å²) in [6, 6.07) is 0. The Kier molecular flexibility index (Phi) is 35.7. The fraction of sp³-hybridized carbons (Fsp3) is 0.333. The Morgan fingerprint density at radius 3 is 0.500 bits per heavy atom. The number of rotatable bonds is 16. The van der Waals surface area contributed by atoms with E-state index in [9.17, 15) is 0 Å². The molecule has 0 spiro atoms. The van der Waals surface area contributed by atoms with Crippen LogP contribution in [0.2, 0.25) is 52.4 Å². The molecule has 0 aliphatic carbocycles. The SMILES string of the molecule is C/C=C\[SiH]1O[SiH](/C=C\C)O[SiH](/C=C/C)O[SiH](/C=C/C)O1.C/C=C\[Si]1(C)O[Si](C)(/C=C\C)O[Si](C)(/C=C/C)O[Si](C)(/C=C/C)O1.C=C[SiH]1O[SiH](C=C)O[SiH](C=C)O[SiH](C=C)O1.C=C[Si]1(C)O[Si](C)(C=C)O[Si](C)(C=C)O[Si](C)(C=C)O1. The Balaban J connectivity index is 0.000000538. The molecule has 4 rings (SSSR count). The molecular weight excluding hydrogens is 1280 g/mol. The molecule has 0 N–H and O–H groups in total. The summed E-state index contributed by atoms with van der Waals surface area (Å²) >= 11 is 0. The van der Waals surface area contributed by atoms with Gasteiger partial charge in [0.05, 0.1) is 0 Å². The van der Waals surface area contributed by atoms with Gasteiger partial charge >= 0.3 is 143 Å². The van der Waals surface area contributed by atoms with Gasteiger partial charge in [0, 0.05) is 0 Å². The molecule has 0 radical (unpaired) electrons. The Labute approximate surface area is 504 Å². The van der Waals surface area contributed by atoms with Crippen LogP contribution in [-0.4, -0.2) is 143 Å². The molecule has 4 fully saturated rings. The maximum absolute atomic E-state index is 6.61. The van der Waals surface area contributed by atoms with Crippen LogP contribution < -0.4 is 0 Å². The third-order valence-corrected chi connectivity index (χ3v) is 65.1. The Morgan fingerprint density at radius 1 is 0.225 bits per heavy atom. The van der Waals surface area contributed by atoms with Gasteiger partial charge in [0.15, 0.2) is 0 Å². The van der Waals surface area contributed by atoms with Crippen molar-refractivity contribution in [1.82, 2.24) is 0 Å². The van der Waals surface area contributed by atoms with Gasteiger partial charge in [-0.3, -0.25) is 0 Å². The maximum Gasteiger partial charge on any atom is 0.344 e. The minimum atomic E-state index is -2.60. The Bertz CT molecular complexity index is 1910. The van der Waals surface area contributed by atoms with E-state index in [1.807, 2.05) is 153 Å². The van der Waals surface area contributed by atoms with Crippen LogP contribution in [0, 0.1) is 0 Å². The van der Waals surface area contributed by atoms with Crippen molar-refractivity contribution in [3.63, 3.8) is 0 Å².